The first-order valence-electron chi connectivity index (χ1n) is 5.72. The minimum absolute atomic E-state index is 0.0427. The van der Waals surface area contributed by atoms with E-state index in [2.05, 4.69) is 0 Å². The van der Waals surface area contributed by atoms with E-state index in [1.807, 2.05) is 4.72 Å². The summed E-state index contributed by atoms with van der Waals surface area (Å²) < 4.78 is 85.6. The van der Waals surface area contributed by atoms with Crippen LogP contribution in [0, 0.1) is 11.6 Å². The molecule has 0 radical (unpaired) electrons. The molecule has 0 aliphatic heterocycles. The number of benzene rings is 2. The van der Waals surface area contributed by atoms with Crippen LogP contribution in [-0.4, -0.2) is 8.76 Å². The average molecular weight is 337 g/mol. The van der Waals surface area contributed by atoms with Crippen LogP contribution < -0.4 is 4.72 Å². The van der Waals surface area contributed by atoms with Crippen LogP contribution >= 0.6 is 0 Å². The van der Waals surface area contributed by atoms with Crippen molar-refractivity contribution in [3.05, 3.63) is 53.6 Å². The summed E-state index contributed by atoms with van der Waals surface area (Å²) in [5.74, 6) is -2.37. The van der Waals surface area contributed by atoms with E-state index in [0.29, 0.717) is 12.1 Å². The van der Waals surface area contributed by atoms with Crippen LogP contribution in [0.15, 0.2) is 36.4 Å². The second-order valence-corrected chi connectivity index (χ2v) is 4.94. The van der Waals surface area contributed by atoms with Crippen molar-refractivity contribution in [2.45, 2.75) is 6.18 Å². The van der Waals surface area contributed by atoms with E-state index in [9.17, 15) is 26.2 Å². The van der Waals surface area contributed by atoms with E-state index < -0.39 is 34.6 Å². The Bertz CT molecular complexity index is 733. The van der Waals surface area contributed by atoms with E-state index in [1.165, 1.54) is 6.07 Å². The van der Waals surface area contributed by atoms with Gasteiger partial charge in [0.25, 0.3) is 11.3 Å². The van der Waals surface area contributed by atoms with E-state index >= 15 is 0 Å². The molecule has 0 fully saturated rings. The lowest BCUT2D eigenvalue weighted by atomic mass is 10.0. The zero-order valence-corrected chi connectivity index (χ0v) is 11.4. The van der Waals surface area contributed by atoms with Crippen LogP contribution in [0.25, 0.3) is 11.1 Å². The average Bonchev–Trinajstić information content (AvgIpc) is 2.39. The lowest BCUT2D eigenvalue weighted by Gasteiger charge is -2.10. The van der Waals surface area contributed by atoms with Crippen molar-refractivity contribution in [1.82, 2.24) is 0 Å². The molecule has 0 saturated heterocycles. The SMILES string of the molecule is O=S(O)Nc1ccc(-c2ccc(C(F)(F)F)c(F)c2)cc1F. The Morgan fingerprint density at radius 1 is 0.955 bits per heavy atom. The highest BCUT2D eigenvalue weighted by atomic mass is 32.2. The van der Waals surface area contributed by atoms with E-state index in [0.717, 1.165) is 18.2 Å². The Labute approximate surface area is 124 Å². The van der Waals surface area contributed by atoms with Crippen LogP contribution in [0.5, 0.6) is 0 Å². The fourth-order valence-corrected chi connectivity index (χ4v) is 2.15. The quantitative estimate of drug-likeness (QED) is 0.651. The van der Waals surface area contributed by atoms with Crippen molar-refractivity contribution in [2.75, 3.05) is 4.72 Å². The maximum Gasteiger partial charge on any atom is 0.419 e. The molecule has 0 heterocycles. The molecular weight excluding hydrogens is 329 g/mol. The van der Waals surface area contributed by atoms with Gasteiger partial charge in [0, 0.05) is 0 Å². The monoisotopic (exact) mass is 337 g/mol. The molecule has 0 aliphatic carbocycles. The van der Waals surface area contributed by atoms with Crippen LogP contribution in [0.1, 0.15) is 5.56 Å². The van der Waals surface area contributed by atoms with Crippen LogP contribution in [0.4, 0.5) is 27.6 Å². The van der Waals surface area contributed by atoms with Crippen LogP contribution in [0.2, 0.25) is 0 Å². The van der Waals surface area contributed by atoms with Gasteiger partial charge in [-0.3, -0.25) is 9.27 Å². The van der Waals surface area contributed by atoms with Crippen molar-refractivity contribution in [1.29, 1.82) is 0 Å². The molecule has 0 amide bonds. The molecule has 0 saturated carbocycles. The smallest absolute Gasteiger partial charge is 0.289 e. The second kappa shape index (κ2) is 6.01. The van der Waals surface area contributed by atoms with Gasteiger partial charge in [0.15, 0.2) is 0 Å². The van der Waals surface area contributed by atoms with Gasteiger partial charge in [0.05, 0.1) is 11.3 Å². The van der Waals surface area contributed by atoms with E-state index in [-0.39, 0.29) is 16.8 Å². The number of halogens is 5. The van der Waals surface area contributed by atoms with Gasteiger partial charge < -0.3 is 0 Å². The normalized spacial score (nSPS) is 13.0. The molecule has 22 heavy (non-hydrogen) atoms. The predicted molar refractivity (Wildman–Crippen MR) is 71.2 cm³/mol. The van der Waals surface area contributed by atoms with Gasteiger partial charge in [-0.1, -0.05) is 12.1 Å². The van der Waals surface area contributed by atoms with Gasteiger partial charge in [0.1, 0.15) is 11.6 Å². The molecule has 2 N–H and O–H groups in total. The fourth-order valence-electron chi connectivity index (χ4n) is 1.80. The van der Waals surface area contributed by atoms with Gasteiger partial charge in [-0.15, -0.1) is 0 Å². The number of rotatable bonds is 3. The Morgan fingerprint density at radius 3 is 1.95 bits per heavy atom. The van der Waals surface area contributed by atoms with E-state index in [1.54, 1.807) is 0 Å². The van der Waals surface area contributed by atoms with Crippen molar-refractivity contribution < 1.29 is 30.7 Å². The summed E-state index contributed by atoms with van der Waals surface area (Å²) in [4.78, 5) is 0. The number of nitrogens with one attached hydrogen (secondary N) is 1. The summed E-state index contributed by atoms with van der Waals surface area (Å²) in [7, 11) is 0. The summed E-state index contributed by atoms with van der Waals surface area (Å²) >= 11 is -2.47. The number of hydrogen-bond acceptors (Lipinski definition) is 1. The topological polar surface area (TPSA) is 49.3 Å². The molecule has 2 rings (SSSR count). The van der Waals surface area contributed by atoms with Crippen molar-refractivity contribution in [3.8, 4) is 11.1 Å². The number of hydrogen-bond donors (Lipinski definition) is 2. The fraction of sp³-hybridized carbons (Fsp3) is 0.0769. The Morgan fingerprint density at radius 2 is 1.50 bits per heavy atom. The number of alkyl halides is 3. The molecule has 0 spiro atoms. The molecule has 2 aromatic rings. The molecule has 0 aromatic heterocycles. The van der Waals surface area contributed by atoms with E-state index in [4.69, 9.17) is 4.55 Å². The summed E-state index contributed by atoms with van der Waals surface area (Å²) in [6, 6.07) is 5.54. The summed E-state index contributed by atoms with van der Waals surface area (Å²) in [5, 5.41) is 0. The van der Waals surface area contributed by atoms with Gasteiger partial charge in [-0.25, -0.2) is 13.0 Å². The van der Waals surface area contributed by atoms with Gasteiger partial charge >= 0.3 is 6.18 Å². The Kier molecular flexibility index (Phi) is 4.47. The number of anilines is 1. The first kappa shape index (κ1) is 16.4. The second-order valence-electron chi connectivity index (χ2n) is 4.24. The van der Waals surface area contributed by atoms with Gasteiger partial charge in [0.2, 0.25) is 0 Å². The molecule has 1 unspecified atom stereocenters. The standard InChI is InChI=1S/C13H8F5NO2S/c14-10-5-7(1-3-9(10)13(16,17)18)8-2-4-12(11(15)6-8)19-22(20)21/h1-6,19H,(H,20,21). The zero-order chi connectivity index (χ0) is 16.5. The molecule has 9 heteroatoms. The third-order valence-corrected chi connectivity index (χ3v) is 3.17. The molecule has 0 aliphatic rings. The predicted octanol–water partition coefficient (Wildman–Crippen LogP) is 4.20. The summed E-state index contributed by atoms with van der Waals surface area (Å²) in [5.41, 5.74) is -1.51. The lowest BCUT2D eigenvalue weighted by Crippen LogP contribution is -2.08. The summed E-state index contributed by atoms with van der Waals surface area (Å²) in [6.45, 7) is 0. The first-order valence-corrected chi connectivity index (χ1v) is 6.83. The Balaban J connectivity index is 2.39. The van der Waals surface area contributed by atoms with Gasteiger partial charge in [-0.2, -0.15) is 13.2 Å². The maximum atomic E-state index is 13.7. The first-order chi connectivity index (χ1) is 10.2. The summed E-state index contributed by atoms with van der Waals surface area (Å²) in [6.07, 6.45) is -4.81. The van der Waals surface area contributed by atoms with Crippen molar-refractivity contribution in [3.63, 3.8) is 0 Å². The third-order valence-electron chi connectivity index (χ3n) is 2.77. The highest BCUT2D eigenvalue weighted by Gasteiger charge is 2.33. The molecule has 1 atom stereocenters. The van der Waals surface area contributed by atoms with Gasteiger partial charge in [-0.05, 0) is 35.4 Å². The molecule has 3 nitrogen and oxygen atoms in total. The van der Waals surface area contributed by atoms with Crippen molar-refractivity contribution in [2.24, 2.45) is 0 Å². The maximum absolute atomic E-state index is 13.7. The highest BCUT2D eigenvalue weighted by molar-refractivity contribution is 7.80. The van der Waals surface area contributed by atoms with Crippen LogP contribution in [-0.2, 0) is 17.4 Å². The lowest BCUT2D eigenvalue weighted by molar-refractivity contribution is -0.139. The molecule has 2 aromatic carbocycles. The Hall–Kier alpha value is -2.00. The minimum atomic E-state index is -4.81. The minimum Gasteiger partial charge on any atom is -0.289 e. The third kappa shape index (κ3) is 3.60. The largest absolute Gasteiger partial charge is 0.419 e. The zero-order valence-electron chi connectivity index (χ0n) is 10.6. The highest BCUT2D eigenvalue weighted by Crippen LogP contribution is 2.34. The molecule has 118 valence electrons. The molecule has 0 bridgehead atoms. The van der Waals surface area contributed by atoms with Crippen LogP contribution in [0.3, 0.4) is 0 Å². The van der Waals surface area contributed by atoms with Crippen molar-refractivity contribution >= 4 is 17.0 Å². The molecular formula is C13H8F5NO2S.